The second-order valence-corrected chi connectivity index (χ2v) is 3.79. The van der Waals surface area contributed by atoms with E-state index >= 15 is 0 Å². The highest BCUT2D eigenvalue weighted by atomic mass is 35.5. The number of rotatable bonds is 2. The summed E-state index contributed by atoms with van der Waals surface area (Å²) < 4.78 is 13.1. The van der Waals surface area contributed by atoms with Gasteiger partial charge in [0.15, 0.2) is 0 Å². The standard InChI is InChI=1S/C11H13ClFN/c1-7(2)6-10(14)8-4-3-5-9(13)11(8)12/h3-6,10H,14H2,1-2H3. The molecule has 0 aliphatic rings. The van der Waals surface area contributed by atoms with Crippen molar-refractivity contribution in [3.63, 3.8) is 0 Å². The lowest BCUT2D eigenvalue weighted by Crippen LogP contribution is -2.08. The van der Waals surface area contributed by atoms with E-state index in [1.54, 1.807) is 12.1 Å². The minimum atomic E-state index is -0.429. The Kier molecular flexibility index (Phi) is 3.67. The van der Waals surface area contributed by atoms with E-state index in [2.05, 4.69) is 0 Å². The van der Waals surface area contributed by atoms with Gasteiger partial charge in [-0.2, -0.15) is 0 Å². The molecule has 0 saturated heterocycles. The van der Waals surface area contributed by atoms with Gasteiger partial charge in [0.1, 0.15) is 5.82 Å². The lowest BCUT2D eigenvalue weighted by atomic mass is 10.1. The van der Waals surface area contributed by atoms with Crippen LogP contribution in [0.15, 0.2) is 29.8 Å². The van der Waals surface area contributed by atoms with Crippen LogP contribution in [0.5, 0.6) is 0 Å². The summed E-state index contributed by atoms with van der Waals surface area (Å²) in [4.78, 5) is 0. The van der Waals surface area contributed by atoms with Crippen LogP contribution in [0.25, 0.3) is 0 Å². The molecule has 0 saturated carbocycles. The maximum absolute atomic E-state index is 13.1. The summed E-state index contributed by atoms with van der Waals surface area (Å²) in [6, 6.07) is 4.31. The molecule has 2 N–H and O–H groups in total. The minimum Gasteiger partial charge on any atom is -0.321 e. The van der Waals surface area contributed by atoms with Crippen molar-refractivity contribution in [3.8, 4) is 0 Å². The van der Waals surface area contributed by atoms with E-state index in [1.807, 2.05) is 19.9 Å². The van der Waals surface area contributed by atoms with Gasteiger partial charge < -0.3 is 5.73 Å². The van der Waals surface area contributed by atoms with E-state index in [0.717, 1.165) is 5.57 Å². The third kappa shape index (κ3) is 2.56. The first kappa shape index (κ1) is 11.2. The van der Waals surface area contributed by atoms with Gasteiger partial charge in [-0.3, -0.25) is 0 Å². The number of nitrogens with two attached hydrogens (primary N) is 1. The maximum Gasteiger partial charge on any atom is 0.142 e. The molecule has 0 aromatic heterocycles. The zero-order valence-electron chi connectivity index (χ0n) is 8.22. The molecule has 76 valence electrons. The predicted octanol–water partition coefficient (Wildman–Crippen LogP) is 3.45. The summed E-state index contributed by atoms with van der Waals surface area (Å²) in [7, 11) is 0. The van der Waals surface area contributed by atoms with E-state index in [-0.39, 0.29) is 11.1 Å². The first-order chi connectivity index (χ1) is 6.52. The Balaban J connectivity index is 3.07. The van der Waals surface area contributed by atoms with Crippen LogP contribution in [0.3, 0.4) is 0 Å². The average Bonchev–Trinajstić information content (AvgIpc) is 2.08. The number of allylic oxidation sites excluding steroid dienone is 1. The molecule has 14 heavy (non-hydrogen) atoms. The molecule has 1 rings (SSSR count). The summed E-state index contributed by atoms with van der Waals surface area (Å²) in [5, 5.41) is 0.109. The highest BCUT2D eigenvalue weighted by molar-refractivity contribution is 6.31. The van der Waals surface area contributed by atoms with Crippen LogP contribution in [0, 0.1) is 5.82 Å². The quantitative estimate of drug-likeness (QED) is 0.749. The van der Waals surface area contributed by atoms with E-state index in [9.17, 15) is 4.39 Å². The Hall–Kier alpha value is -0.860. The first-order valence-corrected chi connectivity index (χ1v) is 4.74. The normalized spacial score (nSPS) is 12.4. The molecular formula is C11H13ClFN. The lowest BCUT2D eigenvalue weighted by Gasteiger charge is -2.10. The maximum atomic E-state index is 13.1. The Bertz CT molecular complexity index is 356. The fourth-order valence-corrected chi connectivity index (χ4v) is 1.48. The van der Waals surface area contributed by atoms with Gasteiger partial charge in [0, 0.05) is 6.04 Å². The second-order valence-electron chi connectivity index (χ2n) is 3.41. The SMILES string of the molecule is CC(C)=CC(N)c1cccc(F)c1Cl. The summed E-state index contributed by atoms with van der Waals surface area (Å²) in [6.07, 6.45) is 1.85. The van der Waals surface area contributed by atoms with Gasteiger partial charge >= 0.3 is 0 Å². The van der Waals surface area contributed by atoms with Gasteiger partial charge in [0.2, 0.25) is 0 Å². The molecule has 0 spiro atoms. The number of hydrogen-bond donors (Lipinski definition) is 1. The van der Waals surface area contributed by atoms with Crippen LogP contribution in [-0.2, 0) is 0 Å². The van der Waals surface area contributed by atoms with Crippen molar-refractivity contribution in [1.82, 2.24) is 0 Å². The van der Waals surface area contributed by atoms with Crippen LogP contribution < -0.4 is 5.73 Å². The van der Waals surface area contributed by atoms with Crippen LogP contribution in [-0.4, -0.2) is 0 Å². The fraction of sp³-hybridized carbons (Fsp3) is 0.273. The third-order valence-corrected chi connectivity index (χ3v) is 2.25. The van der Waals surface area contributed by atoms with Crippen LogP contribution in [0.1, 0.15) is 25.5 Å². The van der Waals surface area contributed by atoms with Gasteiger partial charge in [0.05, 0.1) is 5.02 Å². The van der Waals surface area contributed by atoms with Gasteiger partial charge in [-0.1, -0.05) is 35.4 Å². The van der Waals surface area contributed by atoms with Crippen molar-refractivity contribution in [1.29, 1.82) is 0 Å². The monoisotopic (exact) mass is 213 g/mol. The Morgan fingerprint density at radius 3 is 2.71 bits per heavy atom. The number of halogens is 2. The zero-order chi connectivity index (χ0) is 10.7. The molecule has 1 unspecified atom stereocenters. The van der Waals surface area contributed by atoms with E-state index in [0.29, 0.717) is 5.56 Å². The third-order valence-electron chi connectivity index (χ3n) is 1.85. The number of hydrogen-bond acceptors (Lipinski definition) is 1. The first-order valence-electron chi connectivity index (χ1n) is 4.37. The van der Waals surface area contributed by atoms with Crippen molar-refractivity contribution in [2.24, 2.45) is 5.73 Å². The molecule has 1 nitrogen and oxygen atoms in total. The highest BCUT2D eigenvalue weighted by Crippen LogP contribution is 2.25. The van der Waals surface area contributed by atoms with Crippen LogP contribution >= 0.6 is 11.6 Å². The summed E-state index contributed by atoms with van der Waals surface area (Å²) in [5.41, 5.74) is 7.54. The molecular weight excluding hydrogens is 201 g/mol. The summed E-state index contributed by atoms with van der Waals surface area (Å²) >= 11 is 5.79. The molecule has 3 heteroatoms. The fourth-order valence-electron chi connectivity index (χ4n) is 1.23. The van der Waals surface area contributed by atoms with Crippen molar-refractivity contribution < 1.29 is 4.39 Å². The van der Waals surface area contributed by atoms with E-state index in [4.69, 9.17) is 17.3 Å². The molecule has 0 fully saturated rings. The van der Waals surface area contributed by atoms with Gasteiger partial charge in [-0.05, 0) is 25.5 Å². The zero-order valence-corrected chi connectivity index (χ0v) is 8.98. The Morgan fingerprint density at radius 1 is 1.50 bits per heavy atom. The molecule has 1 aromatic rings. The predicted molar refractivity (Wildman–Crippen MR) is 57.8 cm³/mol. The van der Waals surface area contributed by atoms with Gasteiger partial charge in [-0.15, -0.1) is 0 Å². The van der Waals surface area contributed by atoms with Crippen molar-refractivity contribution >= 4 is 11.6 Å². The largest absolute Gasteiger partial charge is 0.321 e. The molecule has 1 atom stereocenters. The minimum absolute atomic E-state index is 0.109. The van der Waals surface area contributed by atoms with Crippen LogP contribution in [0.2, 0.25) is 5.02 Å². The Labute approximate surface area is 88.4 Å². The topological polar surface area (TPSA) is 26.0 Å². The Morgan fingerprint density at radius 2 is 2.14 bits per heavy atom. The molecule has 0 aliphatic heterocycles. The molecule has 0 aliphatic carbocycles. The van der Waals surface area contributed by atoms with E-state index in [1.165, 1.54) is 6.07 Å². The van der Waals surface area contributed by atoms with Crippen molar-refractivity contribution in [2.75, 3.05) is 0 Å². The summed E-state index contributed by atoms with van der Waals surface area (Å²) in [5.74, 6) is -0.429. The van der Waals surface area contributed by atoms with E-state index < -0.39 is 5.82 Å². The smallest absolute Gasteiger partial charge is 0.142 e. The van der Waals surface area contributed by atoms with Gasteiger partial charge in [0.25, 0.3) is 0 Å². The molecule has 0 radical (unpaired) electrons. The molecule has 0 heterocycles. The van der Waals surface area contributed by atoms with Crippen LogP contribution in [0.4, 0.5) is 4.39 Å². The van der Waals surface area contributed by atoms with Gasteiger partial charge in [-0.25, -0.2) is 4.39 Å². The van der Waals surface area contributed by atoms with Crippen molar-refractivity contribution in [2.45, 2.75) is 19.9 Å². The lowest BCUT2D eigenvalue weighted by molar-refractivity contribution is 0.624. The molecule has 0 amide bonds. The highest BCUT2D eigenvalue weighted by Gasteiger charge is 2.10. The molecule has 0 bridgehead atoms. The second kappa shape index (κ2) is 4.58. The number of benzene rings is 1. The average molecular weight is 214 g/mol. The molecule has 1 aromatic carbocycles. The van der Waals surface area contributed by atoms with Crippen molar-refractivity contribution in [3.05, 3.63) is 46.3 Å². The summed E-state index contributed by atoms with van der Waals surface area (Å²) in [6.45, 7) is 3.88.